The Morgan fingerprint density at radius 1 is 1.30 bits per heavy atom. The maximum absolute atomic E-state index is 11.1. The molecule has 1 aromatic rings. The van der Waals surface area contributed by atoms with Crippen LogP contribution in [-0.2, 0) is 6.54 Å². The number of rotatable bonds is 6. The largest absolute Gasteiger partial charge is 0.366 e. The molecule has 1 saturated carbocycles. The van der Waals surface area contributed by atoms with Gasteiger partial charge >= 0.3 is 0 Å². The summed E-state index contributed by atoms with van der Waals surface area (Å²) in [6, 6.07) is 5.69. The highest BCUT2D eigenvalue weighted by Gasteiger charge is 2.12. The molecule has 2 rings (SSSR count). The summed E-state index contributed by atoms with van der Waals surface area (Å²) in [4.78, 5) is 11.1. The van der Waals surface area contributed by atoms with Gasteiger partial charge in [0.15, 0.2) is 0 Å². The van der Waals surface area contributed by atoms with Crippen LogP contribution < -0.4 is 11.1 Å². The molecule has 20 heavy (non-hydrogen) atoms. The molecular weight excluding hydrogens is 248 g/mol. The van der Waals surface area contributed by atoms with Gasteiger partial charge in [-0.25, -0.2) is 0 Å². The quantitative estimate of drug-likeness (QED) is 0.783. The number of hydrogen-bond donors (Lipinski definition) is 2. The molecule has 3 nitrogen and oxygen atoms in total. The van der Waals surface area contributed by atoms with Gasteiger partial charge < -0.3 is 11.1 Å². The maximum Gasteiger partial charge on any atom is 0.248 e. The second-order valence-corrected chi connectivity index (χ2v) is 5.98. The Bertz CT molecular complexity index is 450. The van der Waals surface area contributed by atoms with Crippen LogP contribution in [0, 0.1) is 12.8 Å². The third-order valence-corrected chi connectivity index (χ3v) is 4.40. The van der Waals surface area contributed by atoms with E-state index in [1.165, 1.54) is 44.1 Å². The van der Waals surface area contributed by atoms with Crippen molar-refractivity contribution < 1.29 is 4.79 Å². The fraction of sp³-hybridized carbons (Fsp3) is 0.588. The molecule has 0 saturated heterocycles. The highest BCUT2D eigenvalue weighted by molar-refractivity contribution is 5.93. The molecule has 3 N–H and O–H groups in total. The second-order valence-electron chi connectivity index (χ2n) is 5.98. The van der Waals surface area contributed by atoms with E-state index in [1.54, 1.807) is 0 Å². The van der Waals surface area contributed by atoms with Gasteiger partial charge in [0.2, 0.25) is 5.91 Å². The Morgan fingerprint density at radius 3 is 2.70 bits per heavy atom. The molecule has 1 aromatic carbocycles. The molecule has 1 amide bonds. The number of hydrogen-bond acceptors (Lipinski definition) is 2. The molecule has 1 aliphatic carbocycles. The van der Waals surface area contributed by atoms with Crippen molar-refractivity contribution in [2.24, 2.45) is 11.7 Å². The minimum Gasteiger partial charge on any atom is -0.366 e. The Labute approximate surface area is 121 Å². The predicted octanol–water partition coefficient (Wildman–Crippen LogP) is 3.15. The Balaban J connectivity index is 1.74. The molecule has 0 atom stereocenters. The number of benzene rings is 1. The molecule has 3 heteroatoms. The minimum atomic E-state index is -0.357. The summed E-state index contributed by atoms with van der Waals surface area (Å²) in [5.74, 6) is 0.569. The average molecular weight is 274 g/mol. The molecule has 0 spiro atoms. The van der Waals surface area contributed by atoms with Crippen molar-refractivity contribution in [2.75, 3.05) is 6.54 Å². The van der Waals surface area contributed by atoms with Crippen LogP contribution in [0.5, 0.6) is 0 Å². The van der Waals surface area contributed by atoms with Crippen LogP contribution in [0.1, 0.15) is 60.0 Å². The van der Waals surface area contributed by atoms with Crippen LogP contribution in [0.25, 0.3) is 0 Å². The minimum absolute atomic E-state index is 0.357. The number of nitrogens with two attached hydrogens (primary N) is 1. The van der Waals surface area contributed by atoms with E-state index in [4.69, 9.17) is 5.73 Å². The second kappa shape index (κ2) is 7.44. The molecule has 0 unspecified atom stereocenters. The standard InChI is InChI=1S/C17H26N2O/c1-13-11-15(17(18)20)7-8-16(13)12-19-10-9-14-5-3-2-4-6-14/h7-8,11,14,19H,2-6,9-10,12H2,1H3,(H2,18,20). The highest BCUT2D eigenvalue weighted by Crippen LogP contribution is 2.25. The van der Waals surface area contributed by atoms with Gasteiger partial charge in [0.1, 0.15) is 0 Å². The molecule has 0 heterocycles. The Kier molecular flexibility index (Phi) is 5.60. The van der Waals surface area contributed by atoms with Crippen molar-refractivity contribution >= 4 is 5.91 Å². The van der Waals surface area contributed by atoms with E-state index < -0.39 is 0 Å². The van der Waals surface area contributed by atoms with Crippen LogP contribution in [0.3, 0.4) is 0 Å². The van der Waals surface area contributed by atoms with Crippen LogP contribution in [0.2, 0.25) is 0 Å². The van der Waals surface area contributed by atoms with Gasteiger partial charge in [0, 0.05) is 12.1 Å². The van der Waals surface area contributed by atoms with Crippen molar-refractivity contribution in [2.45, 2.75) is 52.0 Å². The smallest absolute Gasteiger partial charge is 0.248 e. The molecule has 1 fully saturated rings. The lowest BCUT2D eigenvalue weighted by molar-refractivity contribution is 0.1000. The van der Waals surface area contributed by atoms with Gasteiger partial charge in [0.25, 0.3) is 0 Å². The summed E-state index contributed by atoms with van der Waals surface area (Å²) in [7, 11) is 0. The van der Waals surface area contributed by atoms with Crippen molar-refractivity contribution in [1.82, 2.24) is 5.32 Å². The van der Waals surface area contributed by atoms with E-state index in [1.807, 2.05) is 25.1 Å². The van der Waals surface area contributed by atoms with Crippen molar-refractivity contribution in [3.63, 3.8) is 0 Å². The molecule has 0 aliphatic heterocycles. The summed E-state index contributed by atoms with van der Waals surface area (Å²) in [5, 5.41) is 3.52. The lowest BCUT2D eigenvalue weighted by Gasteiger charge is -2.21. The average Bonchev–Trinajstić information content (AvgIpc) is 2.46. The predicted molar refractivity (Wildman–Crippen MR) is 82.6 cm³/mol. The fourth-order valence-corrected chi connectivity index (χ4v) is 3.05. The normalized spacial score (nSPS) is 16.2. The van der Waals surface area contributed by atoms with Crippen LogP contribution in [-0.4, -0.2) is 12.5 Å². The maximum atomic E-state index is 11.1. The summed E-state index contributed by atoms with van der Waals surface area (Å²) >= 11 is 0. The Hall–Kier alpha value is -1.35. The molecule has 0 aromatic heterocycles. The summed E-state index contributed by atoms with van der Waals surface area (Å²) in [6.07, 6.45) is 8.37. The SMILES string of the molecule is Cc1cc(C(N)=O)ccc1CNCCC1CCCCC1. The lowest BCUT2D eigenvalue weighted by atomic mass is 9.87. The van der Waals surface area contributed by atoms with Crippen LogP contribution in [0.4, 0.5) is 0 Å². The zero-order valence-corrected chi connectivity index (χ0v) is 12.5. The van der Waals surface area contributed by atoms with E-state index in [2.05, 4.69) is 5.32 Å². The molecule has 1 aliphatic rings. The van der Waals surface area contributed by atoms with Gasteiger partial charge in [0.05, 0.1) is 0 Å². The van der Waals surface area contributed by atoms with E-state index in [0.717, 1.165) is 24.6 Å². The monoisotopic (exact) mass is 274 g/mol. The summed E-state index contributed by atoms with van der Waals surface area (Å²) < 4.78 is 0. The third kappa shape index (κ3) is 4.34. The molecule has 0 radical (unpaired) electrons. The molecule has 110 valence electrons. The van der Waals surface area contributed by atoms with Gasteiger partial charge in [-0.3, -0.25) is 4.79 Å². The van der Waals surface area contributed by atoms with Crippen molar-refractivity contribution in [3.8, 4) is 0 Å². The number of carbonyl (C=O) groups excluding carboxylic acids is 1. The number of aryl methyl sites for hydroxylation is 1. The van der Waals surface area contributed by atoms with Crippen LogP contribution >= 0.6 is 0 Å². The van der Waals surface area contributed by atoms with E-state index in [-0.39, 0.29) is 5.91 Å². The van der Waals surface area contributed by atoms with E-state index in [0.29, 0.717) is 5.56 Å². The first-order valence-corrected chi connectivity index (χ1v) is 7.77. The molecule has 0 bridgehead atoms. The first kappa shape index (κ1) is 15.0. The number of carbonyl (C=O) groups is 1. The zero-order valence-electron chi connectivity index (χ0n) is 12.5. The number of amides is 1. The zero-order chi connectivity index (χ0) is 14.4. The third-order valence-electron chi connectivity index (χ3n) is 4.40. The van der Waals surface area contributed by atoms with Crippen molar-refractivity contribution in [1.29, 1.82) is 0 Å². The van der Waals surface area contributed by atoms with Crippen molar-refractivity contribution in [3.05, 3.63) is 34.9 Å². The summed E-state index contributed by atoms with van der Waals surface area (Å²) in [5.41, 5.74) is 8.25. The first-order valence-electron chi connectivity index (χ1n) is 7.77. The topological polar surface area (TPSA) is 55.1 Å². The first-order chi connectivity index (χ1) is 9.66. The number of nitrogens with one attached hydrogen (secondary N) is 1. The Morgan fingerprint density at radius 2 is 2.05 bits per heavy atom. The summed E-state index contributed by atoms with van der Waals surface area (Å²) in [6.45, 7) is 3.99. The van der Waals surface area contributed by atoms with Gasteiger partial charge in [-0.15, -0.1) is 0 Å². The number of primary amides is 1. The highest BCUT2D eigenvalue weighted by atomic mass is 16.1. The fourth-order valence-electron chi connectivity index (χ4n) is 3.05. The molecular formula is C17H26N2O. The van der Waals surface area contributed by atoms with Gasteiger partial charge in [-0.2, -0.15) is 0 Å². The van der Waals surface area contributed by atoms with E-state index >= 15 is 0 Å². The van der Waals surface area contributed by atoms with Gasteiger partial charge in [-0.05, 0) is 49.1 Å². The lowest BCUT2D eigenvalue weighted by Crippen LogP contribution is -2.20. The van der Waals surface area contributed by atoms with E-state index in [9.17, 15) is 4.79 Å². The van der Waals surface area contributed by atoms with Gasteiger partial charge in [-0.1, -0.05) is 38.2 Å². The van der Waals surface area contributed by atoms with Crippen LogP contribution in [0.15, 0.2) is 18.2 Å².